The van der Waals surface area contributed by atoms with Crippen molar-refractivity contribution in [1.29, 1.82) is 0 Å². The standard InChI is InChI=1S/C11H14BrClN2O2S2/c12-8-4-5-10(9(13)7-8)19(16,17)15-6-2-1-3-11(14)18/h4-5,7,15H,1-3,6H2,(H2,14,18). The number of hydrogen-bond donors (Lipinski definition) is 2. The molecule has 0 saturated heterocycles. The zero-order valence-electron chi connectivity index (χ0n) is 10.0. The number of rotatable bonds is 7. The monoisotopic (exact) mass is 384 g/mol. The van der Waals surface area contributed by atoms with Gasteiger partial charge in [0.05, 0.1) is 10.0 Å². The fraction of sp³-hybridized carbons (Fsp3) is 0.364. The highest BCUT2D eigenvalue weighted by molar-refractivity contribution is 9.10. The molecule has 0 heterocycles. The van der Waals surface area contributed by atoms with Crippen LogP contribution in [0.3, 0.4) is 0 Å². The summed E-state index contributed by atoms with van der Waals surface area (Å²) in [6.07, 6.45) is 2.05. The molecule has 0 unspecified atom stereocenters. The van der Waals surface area contributed by atoms with Crippen molar-refractivity contribution < 1.29 is 8.42 Å². The Morgan fingerprint density at radius 2 is 2.11 bits per heavy atom. The molecule has 0 aliphatic carbocycles. The first-order valence-electron chi connectivity index (χ1n) is 5.56. The van der Waals surface area contributed by atoms with Crippen LogP contribution in [0.4, 0.5) is 0 Å². The van der Waals surface area contributed by atoms with Crippen LogP contribution in [0.25, 0.3) is 0 Å². The molecule has 0 aromatic heterocycles. The van der Waals surface area contributed by atoms with Crippen LogP contribution in [0.5, 0.6) is 0 Å². The summed E-state index contributed by atoms with van der Waals surface area (Å²) in [4.78, 5) is 0.519. The van der Waals surface area contributed by atoms with Crippen LogP contribution in [-0.2, 0) is 10.0 Å². The van der Waals surface area contributed by atoms with E-state index in [0.29, 0.717) is 24.4 Å². The Bertz CT molecular complexity index is 564. The van der Waals surface area contributed by atoms with E-state index < -0.39 is 10.0 Å². The van der Waals surface area contributed by atoms with E-state index in [1.165, 1.54) is 6.07 Å². The van der Waals surface area contributed by atoms with E-state index in [1.807, 2.05) is 0 Å². The fourth-order valence-electron chi connectivity index (χ4n) is 1.40. The highest BCUT2D eigenvalue weighted by atomic mass is 79.9. The SMILES string of the molecule is NC(=S)CCCCNS(=O)(=O)c1ccc(Br)cc1Cl. The van der Waals surface area contributed by atoms with Crippen molar-refractivity contribution in [2.75, 3.05) is 6.54 Å². The molecule has 3 N–H and O–H groups in total. The first-order valence-corrected chi connectivity index (χ1v) is 8.62. The highest BCUT2D eigenvalue weighted by Gasteiger charge is 2.17. The Balaban J connectivity index is 2.59. The van der Waals surface area contributed by atoms with Gasteiger partial charge in [0.25, 0.3) is 0 Å². The summed E-state index contributed by atoms with van der Waals surface area (Å²) < 4.78 is 27.2. The molecule has 0 saturated carbocycles. The summed E-state index contributed by atoms with van der Waals surface area (Å²) in [5, 5.41) is 0.185. The number of hydrogen-bond acceptors (Lipinski definition) is 3. The molecule has 0 spiro atoms. The predicted octanol–water partition coefficient (Wildman–Crippen LogP) is 2.84. The van der Waals surface area contributed by atoms with Crippen molar-refractivity contribution in [3.05, 3.63) is 27.7 Å². The van der Waals surface area contributed by atoms with Crippen LogP contribution in [0, 0.1) is 0 Å². The van der Waals surface area contributed by atoms with E-state index in [9.17, 15) is 8.42 Å². The van der Waals surface area contributed by atoms with Crippen molar-refractivity contribution in [2.45, 2.75) is 24.2 Å². The van der Waals surface area contributed by atoms with Crippen molar-refractivity contribution in [3.63, 3.8) is 0 Å². The molecular weight excluding hydrogens is 372 g/mol. The van der Waals surface area contributed by atoms with E-state index in [4.69, 9.17) is 29.6 Å². The first-order chi connectivity index (χ1) is 8.83. The fourth-order valence-corrected chi connectivity index (χ4v) is 3.66. The summed E-state index contributed by atoms with van der Waals surface area (Å²) in [6, 6.07) is 4.64. The van der Waals surface area contributed by atoms with Gasteiger partial charge in [0.2, 0.25) is 10.0 Å². The van der Waals surface area contributed by atoms with Gasteiger partial charge >= 0.3 is 0 Å². The summed E-state index contributed by atoms with van der Waals surface area (Å²) in [5.41, 5.74) is 5.36. The lowest BCUT2D eigenvalue weighted by molar-refractivity contribution is 0.577. The molecule has 0 aliphatic heterocycles. The Hall–Kier alpha value is -0.210. The van der Waals surface area contributed by atoms with Crippen molar-refractivity contribution in [3.8, 4) is 0 Å². The zero-order chi connectivity index (χ0) is 14.5. The maximum absolute atomic E-state index is 12.0. The number of thiocarbonyl (C=S) groups is 1. The third-order valence-corrected chi connectivity index (χ3v) is 4.97. The molecule has 1 rings (SSSR count). The summed E-state index contributed by atoms with van der Waals surface area (Å²) >= 11 is 13.9. The Labute approximate surface area is 131 Å². The van der Waals surface area contributed by atoms with Crippen LogP contribution in [0.2, 0.25) is 5.02 Å². The smallest absolute Gasteiger partial charge is 0.242 e. The lowest BCUT2D eigenvalue weighted by Gasteiger charge is -2.08. The maximum Gasteiger partial charge on any atom is 0.242 e. The number of halogens is 2. The lowest BCUT2D eigenvalue weighted by atomic mass is 10.2. The Morgan fingerprint density at radius 3 is 2.68 bits per heavy atom. The number of sulfonamides is 1. The second-order valence-corrected chi connectivity index (χ2v) is 7.48. The van der Waals surface area contributed by atoms with Crippen LogP contribution in [0.15, 0.2) is 27.6 Å². The Kier molecular flexibility index (Phi) is 6.68. The average Bonchev–Trinajstić information content (AvgIpc) is 2.27. The topological polar surface area (TPSA) is 72.2 Å². The van der Waals surface area contributed by atoms with Gasteiger partial charge in [-0.25, -0.2) is 13.1 Å². The molecule has 0 fully saturated rings. The van der Waals surface area contributed by atoms with Gasteiger partial charge in [0, 0.05) is 11.0 Å². The minimum absolute atomic E-state index is 0.0757. The summed E-state index contributed by atoms with van der Waals surface area (Å²) in [5.74, 6) is 0. The van der Waals surface area contributed by atoms with E-state index in [0.717, 1.165) is 10.9 Å². The third-order valence-electron chi connectivity index (χ3n) is 2.33. The zero-order valence-corrected chi connectivity index (χ0v) is 14.0. The quantitative estimate of drug-likeness (QED) is 0.559. The molecule has 4 nitrogen and oxygen atoms in total. The summed E-state index contributed by atoms with van der Waals surface area (Å²) in [7, 11) is -3.58. The van der Waals surface area contributed by atoms with Crippen molar-refractivity contribution in [2.24, 2.45) is 5.73 Å². The van der Waals surface area contributed by atoms with E-state index >= 15 is 0 Å². The number of nitrogens with two attached hydrogens (primary N) is 1. The van der Waals surface area contributed by atoms with Crippen LogP contribution < -0.4 is 10.5 Å². The van der Waals surface area contributed by atoms with Gasteiger partial charge in [0.1, 0.15) is 4.90 Å². The second-order valence-electron chi connectivity index (χ2n) is 3.90. The molecule has 19 heavy (non-hydrogen) atoms. The molecule has 0 atom stereocenters. The van der Waals surface area contributed by atoms with E-state index in [2.05, 4.69) is 20.7 Å². The van der Waals surface area contributed by atoms with Gasteiger partial charge < -0.3 is 5.73 Å². The molecule has 0 radical (unpaired) electrons. The van der Waals surface area contributed by atoms with Crippen molar-refractivity contribution in [1.82, 2.24) is 4.72 Å². The Morgan fingerprint density at radius 1 is 1.42 bits per heavy atom. The van der Waals surface area contributed by atoms with Crippen molar-refractivity contribution >= 4 is 54.8 Å². The van der Waals surface area contributed by atoms with E-state index in [1.54, 1.807) is 12.1 Å². The van der Waals surface area contributed by atoms with Crippen LogP contribution in [0.1, 0.15) is 19.3 Å². The highest BCUT2D eigenvalue weighted by Crippen LogP contribution is 2.24. The van der Waals surface area contributed by atoms with Crippen LogP contribution >= 0.6 is 39.7 Å². The normalized spacial score (nSPS) is 11.5. The molecule has 0 bridgehead atoms. The second kappa shape index (κ2) is 7.54. The molecule has 0 aliphatic rings. The van der Waals surface area contributed by atoms with Gasteiger partial charge in [-0.1, -0.05) is 39.7 Å². The lowest BCUT2D eigenvalue weighted by Crippen LogP contribution is -2.25. The molecule has 1 aromatic carbocycles. The predicted molar refractivity (Wildman–Crippen MR) is 85.0 cm³/mol. The minimum atomic E-state index is -3.58. The molecule has 8 heteroatoms. The van der Waals surface area contributed by atoms with Gasteiger partial charge in [-0.15, -0.1) is 0 Å². The van der Waals surface area contributed by atoms with E-state index in [-0.39, 0.29) is 9.92 Å². The van der Waals surface area contributed by atoms with Gasteiger partial charge in [-0.2, -0.15) is 0 Å². The molecule has 106 valence electrons. The molecular formula is C11H14BrClN2O2S2. The number of unbranched alkanes of at least 4 members (excludes halogenated alkanes) is 1. The maximum atomic E-state index is 12.0. The van der Waals surface area contributed by atoms with Gasteiger partial charge in [0.15, 0.2) is 0 Å². The number of nitrogens with one attached hydrogen (secondary N) is 1. The third kappa shape index (κ3) is 5.74. The largest absolute Gasteiger partial charge is 0.393 e. The first kappa shape index (κ1) is 16.8. The molecule has 0 amide bonds. The van der Waals surface area contributed by atoms with Crippen LogP contribution in [-0.4, -0.2) is 20.0 Å². The van der Waals surface area contributed by atoms with Gasteiger partial charge in [-0.3, -0.25) is 0 Å². The summed E-state index contributed by atoms with van der Waals surface area (Å²) in [6.45, 7) is 0.331. The average molecular weight is 386 g/mol. The number of benzene rings is 1. The minimum Gasteiger partial charge on any atom is -0.393 e. The van der Waals surface area contributed by atoms with Gasteiger partial charge in [-0.05, 0) is 37.5 Å². The molecule has 1 aromatic rings.